The van der Waals surface area contributed by atoms with E-state index in [1.165, 1.54) is 62.5 Å². The molecule has 0 spiro atoms. The number of hydrogen-bond acceptors (Lipinski definition) is 3. The fourth-order valence-corrected chi connectivity index (χ4v) is 4.52. The molecule has 150 valence electrons. The lowest BCUT2D eigenvalue weighted by Gasteiger charge is -2.10. The van der Waals surface area contributed by atoms with Gasteiger partial charge in [0.1, 0.15) is 10.8 Å². The van der Waals surface area contributed by atoms with Crippen molar-refractivity contribution in [2.75, 3.05) is 6.61 Å². The molecule has 1 heterocycles. The first-order valence-corrected chi connectivity index (χ1v) is 11.8. The minimum atomic E-state index is 0.790. The molecular formula is C25H33NOS. The lowest BCUT2D eigenvalue weighted by molar-refractivity contribution is 0.305. The van der Waals surface area contributed by atoms with Crippen LogP contribution >= 0.6 is 11.3 Å². The topological polar surface area (TPSA) is 22.1 Å². The minimum Gasteiger partial charge on any atom is -0.493 e. The average molecular weight is 396 g/mol. The van der Waals surface area contributed by atoms with Gasteiger partial charge in [-0.05, 0) is 30.7 Å². The van der Waals surface area contributed by atoms with E-state index >= 15 is 0 Å². The molecule has 0 aliphatic carbocycles. The zero-order valence-electron chi connectivity index (χ0n) is 17.2. The second-order valence-corrected chi connectivity index (χ2v) is 8.54. The van der Waals surface area contributed by atoms with Gasteiger partial charge in [-0.1, -0.05) is 89.0 Å². The second kappa shape index (κ2) is 11.9. The Labute approximate surface area is 174 Å². The zero-order valence-corrected chi connectivity index (χ0v) is 18.0. The van der Waals surface area contributed by atoms with Crippen LogP contribution in [0.25, 0.3) is 20.8 Å². The number of para-hydroxylation sites is 2. The summed E-state index contributed by atoms with van der Waals surface area (Å²) in [5.74, 6) is 0.956. The van der Waals surface area contributed by atoms with Crippen LogP contribution in [-0.2, 0) is 0 Å². The Morgan fingerprint density at radius 2 is 1.39 bits per heavy atom. The lowest BCUT2D eigenvalue weighted by atomic mass is 10.1. The van der Waals surface area contributed by atoms with Crippen molar-refractivity contribution >= 4 is 21.6 Å². The summed E-state index contributed by atoms with van der Waals surface area (Å²) in [5.41, 5.74) is 2.17. The first kappa shape index (κ1) is 20.9. The van der Waals surface area contributed by atoms with Crippen LogP contribution in [0, 0.1) is 0 Å². The maximum Gasteiger partial charge on any atom is 0.129 e. The molecule has 0 fully saturated rings. The van der Waals surface area contributed by atoms with Crippen molar-refractivity contribution in [3.8, 4) is 16.3 Å². The molecule has 0 unspecified atom stereocenters. The maximum absolute atomic E-state index is 6.13. The van der Waals surface area contributed by atoms with E-state index in [9.17, 15) is 0 Å². The molecule has 0 N–H and O–H groups in total. The van der Waals surface area contributed by atoms with E-state index < -0.39 is 0 Å². The van der Waals surface area contributed by atoms with Gasteiger partial charge in [0.25, 0.3) is 0 Å². The fourth-order valence-electron chi connectivity index (χ4n) is 3.53. The number of nitrogens with zero attached hydrogens (tertiary/aromatic N) is 1. The van der Waals surface area contributed by atoms with Crippen molar-refractivity contribution in [3.63, 3.8) is 0 Å². The van der Waals surface area contributed by atoms with Gasteiger partial charge in [-0.2, -0.15) is 0 Å². The van der Waals surface area contributed by atoms with Crippen LogP contribution in [0.15, 0.2) is 48.5 Å². The SMILES string of the molecule is CCCCCCCCCCCCOc1ccccc1-c1nc2ccccc2s1. The molecule has 0 aliphatic heterocycles. The highest BCUT2D eigenvalue weighted by Gasteiger charge is 2.11. The van der Waals surface area contributed by atoms with E-state index in [1.54, 1.807) is 11.3 Å². The Morgan fingerprint density at radius 1 is 0.750 bits per heavy atom. The lowest BCUT2D eigenvalue weighted by Crippen LogP contribution is -1.98. The molecule has 0 amide bonds. The van der Waals surface area contributed by atoms with Crippen LogP contribution in [0.5, 0.6) is 5.75 Å². The molecule has 2 nitrogen and oxygen atoms in total. The van der Waals surface area contributed by atoms with Crippen molar-refractivity contribution in [1.82, 2.24) is 4.98 Å². The minimum absolute atomic E-state index is 0.790. The highest BCUT2D eigenvalue weighted by atomic mass is 32.1. The smallest absolute Gasteiger partial charge is 0.129 e. The van der Waals surface area contributed by atoms with Crippen molar-refractivity contribution in [3.05, 3.63) is 48.5 Å². The molecule has 2 aromatic carbocycles. The Kier molecular flexibility index (Phi) is 8.83. The monoisotopic (exact) mass is 395 g/mol. The van der Waals surface area contributed by atoms with Gasteiger partial charge in [0.2, 0.25) is 0 Å². The third-order valence-electron chi connectivity index (χ3n) is 5.17. The van der Waals surface area contributed by atoms with Crippen LogP contribution in [-0.4, -0.2) is 11.6 Å². The standard InChI is InChI=1S/C25H33NOS/c1-2-3-4-5-6-7-8-9-10-15-20-27-23-18-13-11-16-21(23)25-26-22-17-12-14-19-24(22)28-25/h11-14,16-19H,2-10,15,20H2,1H3. The molecule has 3 rings (SSSR count). The van der Waals surface area contributed by atoms with Gasteiger partial charge in [0, 0.05) is 0 Å². The summed E-state index contributed by atoms with van der Waals surface area (Å²) in [4.78, 5) is 4.79. The predicted molar refractivity (Wildman–Crippen MR) is 122 cm³/mol. The number of ether oxygens (including phenoxy) is 1. The van der Waals surface area contributed by atoms with Crippen LogP contribution in [0.2, 0.25) is 0 Å². The van der Waals surface area contributed by atoms with Crippen molar-refractivity contribution in [2.45, 2.75) is 71.1 Å². The molecular weight excluding hydrogens is 362 g/mol. The van der Waals surface area contributed by atoms with E-state index in [0.29, 0.717) is 0 Å². The maximum atomic E-state index is 6.13. The molecule has 3 heteroatoms. The van der Waals surface area contributed by atoms with Gasteiger partial charge in [-0.3, -0.25) is 0 Å². The number of aromatic nitrogens is 1. The summed E-state index contributed by atoms with van der Waals surface area (Å²) in [7, 11) is 0. The normalized spacial score (nSPS) is 11.2. The van der Waals surface area contributed by atoms with E-state index in [0.717, 1.165) is 34.9 Å². The Morgan fingerprint density at radius 3 is 2.14 bits per heavy atom. The summed E-state index contributed by atoms with van der Waals surface area (Å²) < 4.78 is 7.35. The summed E-state index contributed by atoms with van der Waals surface area (Å²) >= 11 is 1.73. The molecule has 3 aromatic rings. The van der Waals surface area contributed by atoms with Crippen molar-refractivity contribution in [1.29, 1.82) is 0 Å². The molecule has 28 heavy (non-hydrogen) atoms. The Hall–Kier alpha value is -1.87. The van der Waals surface area contributed by atoms with Gasteiger partial charge < -0.3 is 4.74 Å². The highest BCUT2D eigenvalue weighted by Crippen LogP contribution is 2.35. The van der Waals surface area contributed by atoms with E-state index in [-0.39, 0.29) is 0 Å². The van der Waals surface area contributed by atoms with Crippen LogP contribution in [0.1, 0.15) is 71.1 Å². The number of unbranched alkanes of at least 4 members (excludes halogenated alkanes) is 9. The van der Waals surface area contributed by atoms with Crippen molar-refractivity contribution < 1.29 is 4.74 Å². The fraction of sp³-hybridized carbons (Fsp3) is 0.480. The number of hydrogen-bond donors (Lipinski definition) is 0. The average Bonchev–Trinajstić information content (AvgIpc) is 3.16. The van der Waals surface area contributed by atoms with Gasteiger partial charge in [0.15, 0.2) is 0 Å². The van der Waals surface area contributed by atoms with Crippen LogP contribution < -0.4 is 4.74 Å². The van der Waals surface area contributed by atoms with E-state index in [1.807, 2.05) is 12.1 Å². The number of rotatable bonds is 13. The molecule has 0 bridgehead atoms. The van der Waals surface area contributed by atoms with Gasteiger partial charge in [0.05, 0.1) is 22.4 Å². The molecule has 0 radical (unpaired) electrons. The van der Waals surface area contributed by atoms with Gasteiger partial charge in [-0.25, -0.2) is 4.98 Å². The second-order valence-electron chi connectivity index (χ2n) is 7.51. The third-order valence-corrected chi connectivity index (χ3v) is 6.24. The van der Waals surface area contributed by atoms with Crippen LogP contribution in [0.3, 0.4) is 0 Å². The Balaban J connectivity index is 1.40. The predicted octanol–water partition coefficient (Wildman–Crippen LogP) is 8.26. The summed E-state index contributed by atoms with van der Waals surface area (Å²) in [6.45, 7) is 3.07. The first-order valence-electron chi connectivity index (χ1n) is 11.0. The summed E-state index contributed by atoms with van der Waals surface area (Å²) in [6, 6.07) is 16.6. The quantitative estimate of drug-likeness (QED) is 0.272. The Bertz CT molecular complexity index is 793. The number of benzene rings is 2. The number of fused-ring (bicyclic) bond motifs is 1. The van der Waals surface area contributed by atoms with E-state index in [2.05, 4.69) is 43.3 Å². The van der Waals surface area contributed by atoms with Crippen molar-refractivity contribution in [2.24, 2.45) is 0 Å². The molecule has 1 aromatic heterocycles. The first-order chi connectivity index (χ1) is 13.9. The number of thiazole rings is 1. The highest BCUT2D eigenvalue weighted by molar-refractivity contribution is 7.21. The third kappa shape index (κ3) is 6.34. The molecule has 0 aliphatic rings. The molecule has 0 saturated carbocycles. The zero-order chi connectivity index (χ0) is 19.4. The largest absolute Gasteiger partial charge is 0.493 e. The van der Waals surface area contributed by atoms with E-state index in [4.69, 9.17) is 9.72 Å². The molecule has 0 atom stereocenters. The van der Waals surface area contributed by atoms with Crippen LogP contribution in [0.4, 0.5) is 0 Å². The van der Waals surface area contributed by atoms with Gasteiger partial charge >= 0.3 is 0 Å². The van der Waals surface area contributed by atoms with Gasteiger partial charge in [-0.15, -0.1) is 11.3 Å². The molecule has 0 saturated heterocycles. The summed E-state index contributed by atoms with van der Waals surface area (Å²) in [6.07, 6.45) is 13.5. The summed E-state index contributed by atoms with van der Waals surface area (Å²) in [5, 5.41) is 1.04.